The smallest absolute Gasteiger partial charge is 0.493 e. The molecule has 0 N–H and O–H groups in total. The molecule has 9 aromatic carbocycles. The Hall–Kier alpha value is -9.72. The third-order valence-electron chi connectivity index (χ3n) is 20.8. The molecule has 12 rings (SSSR count). The molecule has 564 valence electrons. The molecule has 0 saturated carbocycles. The van der Waals surface area contributed by atoms with Crippen LogP contribution in [0.1, 0.15) is 158 Å². The van der Waals surface area contributed by atoms with Crippen LogP contribution in [0.5, 0.6) is 23.0 Å². The first kappa shape index (κ1) is 83.3. The first-order valence-corrected chi connectivity index (χ1v) is 40.4. The zero-order valence-corrected chi connectivity index (χ0v) is 68.3. The third-order valence-corrected chi connectivity index (χ3v) is 20.8. The molecule has 3 aromatic heterocycles. The van der Waals surface area contributed by atoms with E-state index in [1.54, 1.807) is 0 Å². The second-order valence-electron chi connectivity index (χ2n) is 28.8. The molecule has 0 radical (unpaired) electrons. The average molecular weight is 1630 g/mol. The van der Waals surface area contributed by atoms with Crippen molar-refractivity contribution in [2.75, 3.05) is 26.4 Å². The number of benzene rings is 9. The Kier molecular flexibility index (Phi) is 35.1. The normalized spacial score (nSPS) is 12.0. The number of unbranched alkanes of at least 4 members (excludes halogenated alkanes) is 4. The minimum absolute atomic E-state index is 0. The first-order chi connectivity index (χ1) is 53.2. The van der Waals surface area contributed by atoms with Gasteiger partial charge in [-0.1, -0.05) is 266 Å². The number of hydrogen-bond donors (Lipinski definition) is 0. The minimum Gasteiger partial charge on any atom is -0.493 e. The number of aromatic nitrogens is 3. The molecule has 0 aliphatic carbocycles. The van der Waals surface area contributed by atoms with Crippen LogP contribution in [0.15, 0.2) is 286 Å². The fourth-order valence-corrected chi connectivity index (χ4v) is 13.6. The summed E-state index contributed by atoms with van der Waals surface area (Å²) in [6, 6.07) is 93.8. The van der Waals surface area contributed by atoms with Crippen molar-refractivity contribution in [1.82, 2.24) is 15.0 Å². The molecule has 4 atom stereocenters. The summed E-state index contributed by atoms with van der Waals surface area (Å²) in [5.41, 5.74) is 20.4. The van der Waals surface area contributed by atoms with Gasteiger partial charge in [0.25, 0.3) is 0 Å². The molecule has 109 heavy (non-hydrogen) atoms. The summed E-state index contributed by atoms with van der Waals surface area (Å²) in [6.07, 6.45) is 25.0. The van der Waals surface area contributed by atoms with Gasteiger partial charge in [0, 0.05) is 35.3 Å². The monoisotopic (exact) mass is 1630 g/mol. The van der Waals surface area contributed by atoms with E-state index in [9.17, 15) is 0 Å². The van der Waals surface area contributed by atoms with E-state index in [0.29, 0.717) is 23.7 Å². The predicted molar refractivity (Wildman–Crippen MR) is 457 cm³/mol. The summed E-state index contributed by atoms with van der Waals surface area (Å²) in [7, 11) is 0. The van der Waals surface area contributed by atoms with Crippen molar-refractivity contribution in [2.24, 2.45) is 23.7 Å². The van der Waals surface area contributed by atoms with Gasteiger partial charge in [0.05, 0.1) is 43.5 Å². The number of ether oxygens (including phenoxy) is 4. The standard InChI is InChI=1S/2C45H53NO2.C11H9N.Ir/c2*1-5-9-14-34(7-3)32-47-43-23-19-36(20-24-43)40-29-41(37-21-25-44(26-22-37)48-33-35(8-4)15-10-6-2)31-42(30-40)38-16-13-17-39(28-38)45-18-11-12-27-46-45;1-2-6-10(7-3-1)11-8-4-5-9-12-11;/h2*11-13,16-31,34-35H,5-10,14-15,32-33H2,1-4H3;1-9H;/q;;;+3. The van der Waals surface area contributed by atoms with Crippen molar-refractivity contribution >= 4 is 0 Å². The summed E-state index contributed by atoms with van der Waals surface area (Å²) in [5, 5.41) is 0. The van der Waals surface area contributed by atoms with Crippen molar-refractivity contribution in [3.05, 3.63) is 286 Å². The van der Waals surface area contributed by atoms with Gasteiger partial charge in [-0.15, -0.1) is 0 Å². The van der Waals surface area contributed by atoms with Crippen LogP contribution in [-0.2, 0) is 20.1 Å². The minimum atomic E-state index is 0. The van der Waals surface area contributed by atoms with Crippen LogP contribution in [0.25, 0.3) is 101 Å². The van der Waals surface area contributed by atoms with Crippen LogP contribution in [0.3, 0.4) is 0 Å². The van der Waals surface area contributed by atoms with Crippen molar-refractivity contribution in [1.29, 1.82) is 0 Å². The van der Waals surface area contributed by atoms with Crippen molar-refractivity contribution in [3.63, 3.8) is 0 Å². The van der Waals surface area contributed by atoms with Gasteiger partial charge in [-0.2, -0.15) is 0 Å². The number of nitrogens with zero attached hydrogens (tertiary/aromatic N) is 3. The SMILES string of the molecule is CCCCC(CC)COc1ccc(-c2cc(-c3ccc(OCC(CC)CCCC)cc3)cc(-c3cccc(-c4ccccn4)c3)c2)cc1.CCCCC(CC)COc1ccc(-c2cc(-c3ccc(OCC(CC)CCCC)cc3)cc(-c3cccc(-c4ccccn4)c3)c2)cc1.[Ir+3].c1ccc(-c2ccccn2)cc1. The fourth-order valence-electron chi connectivity index (χ4n) is 13.6. The summed E-state index contributed by atoms with van der Waals surface area (Å²) < 4.78 is 25.0. The van der Waals surface area contributed by atoms with E-state index in [4.69, 9.17) is 18.9 Å². The Labute approximate surface area is 666 Å². The van der Waals surface area contributed by atoms with Gasteiger partial charge in [-0.05, 0) is 250 Å². The molecule has 8 heteroatoms. The van der Waals surface area contributed by atoms with Gasteiger partial charge in [-0.25, -0.2) is 0 Å². The number of rotatable bonds is 37. The molecule has 0 aliphatic rings. The average Bonchev–Trinajstić information content (AvgIpc) is 0.803. The topological polar surface area (TPSA) is 75.6 Å². The maximum atomic E-state index is 6.24. The van der Waals surface area contributed by atoms with Crippen LogP contribution >= 0.6 is 0 Å². The number of pyridine rings is 3. The molecular weight excluding hydrogens is 1510 g/mol. The van der Waals surface area contributed by atoms with Crippen LogP contribution in [-0.4, -0.2) is 41.4 Å². The Morgan fingerprint density at radius 1 is 0.220 bits per heavy atom. The Morgan fingerprint density at radius 3 is 0.697 bits per heavy atom. The van der Waals surface area contributed by atoms with E-state index >= 15 is 0 Å². The van der Waals surface area contributed by atoms with Gasteiger partial charge in [-0.3, -0.25) is 15.0 Å². The quantitative estimate of drug-likeness (QED) is 0.0384. The number of hydrogen-bond acceptors (Lipinski definition) is 7. The molecule has 4 unspecified atom stereocenters. The summed E-state index contributed by atoms with van der Waals surface area (Å²) in [5.74, 6) is 6.17. The van der Waals surface area contributed by atoms with Gasteiger partial charge >= 0.3 is 20.1 Å². The second kappa shape index (κ2) is 45.9. The van der Waals surface area contributed by atoms with Gasteiger partial charge in [0.1, 0.15) is 23.0 Å². The Morgan fingerprint density at radius 2 is 0.450 bits per heavy atom. The molecule has 0 aliphatic heterocycles. The van der Waals surface area contributed by atoms with Crippen LogP contribution in [0.4, 0.5) is 0 Å². The Bertz CT molecular complexity index is 4050. The zero-order chi connectivity index (χ0) is 75.3. The van der Waals surface area contributed by atoms with Crippen molar-refractivity contribution < 1.29 is 39.1 Å². The molecule has 0 saturated heterocycles. The van der Waals surface area contributed by atoms with E-state index in [0.717, 1.165) is 120 Å². The second-order valence-corrected chi connectivity index (χ2v) is 28.8. The molecule has 7 nitrogen and oxygen atoms in total. The van der Waals surface area contributed by atoms with E-state index in [2.05, 4.69) is 277 Å². The van der Waals surface area contributed by atoms with E-state index in [-0.39, 0.29) is 20.1 Å². The molecule has 0 spiro atoms. The first-order valence-electron chi connectivity index (χ1n) is 40.4. The predicted octanol–water partition coefficient (Wildman–Crippen LogP) is 28.6. The molecule has 12 aromatic rings. The summed E-state index contributed by atoms with van der Waals surface area (Å²) >= 11 is 0. The van der Waals surface area contributed by atoms with E-state index in [1.165, 1.54) is 133 Å². The third kappa shape index (κ3) is 26.3. The largest absolute Gasteiger partial charge is 3.00 e. The van der Waals surface area contributed by atoms with Gasteiger partial charge < -0.3 is 18.9 Å². The van der Waals surface area contributed by atoms with Crippen molar-refractivity contribution in [3.8, 4) is 124 Å². The van der Waals surface area contributed by atoms with Crippen LogP contribution in [0.2, 0.25) is 0 Å². The molecule has 3 heterocycles. The van der Waals surface area contributed by atoms with Crippen LogP contribution in [0, 0.1) is 23.7 Å². The van der Waals surface area contributed by atoms with E-state index < -0.39 is 0 Å². The van der Waals surface area contributed by atoms with Gasteiger partial charge in [0.2, 0.25) is 0 Å². The Balaban J connectivity index is 0.000000215. The van der Waals surface area contributed by atoms with Crippen LogP contribution < -0.4 is 18.9 Å². The molecule has 0 fully saturated rings. The van der Waals surface area contributed by atoms with Crippen molar-refractivity contribution in [2.45, 2.75) is 158 Å². The molecule has 0 amide bonds. The zero-order valence-electron chi connectivity index (χ0n) is 65.9. The molecule has 0 bridgehead atoms. The summed E-state index contributed by atoms with van der Waals surface area (Å²) in [4.78, 5) is 13.4. The summed E-state index contributed by atoms with van der Waals surface area (Å²) in [6.45, 7) is 21.2. The maximum Gasteiger partial charge on any atom is 3.00 e. The maximum absolute atomic E-state index is 6.24. The van der Waals surface area contributed by atoms with Gasteiger partial charge in [0.15, 0.2) is 0 Å². The molecular formula is C101H115IrN3O4+3. The van der Waals surface area contributed by atoms with E-state index in [1.807, 2.05) is 79.3 Å². The fraction of sp³-hybridized carbons (Fsp3) is 0.317.